The van der Waals surface area contributed by atoms with Crippen molar-refractivity contribution in [3.05, 3.63) is 30.5 Å². The van der Waals surface area contributed by atoms with Gasteiger partial charge in [0.25, 0.3) is 0 Å². The first-order valence-corrected chi connectivity index (χ1v) is 6.74. The van der Waals surface area contributed by atoms with E-state index in [4.69, 9.17) is 9.47 Å². The van der Waals surface area contributed by atoms with Crippen LogP contribution in [0.4, 0.5) is 0 Å². The van der Waals surface area contributed by atoms with Crippen molar-refractivity contribution in [3.8, 4) is 5.75 Å². The van der Waals surface area contributed by atoms with Crippen molar-refractivity contribution in [1.82, 2.24) is 4.57 Å². The second-order valence-corrected chi connectivity index (χ2v) is 5.77. The molecule has 1 heterocycles. The number of methoxy groups -OCH3 is 1. The van der Waals surface area contributed by atoms with Crippen molar-refractivity contribution in [2.24, 2.45) is 0 Å². The zero-order valence-electron chi connectivity index (χ0n) is 12.5. The lowest BCUT2D eigenvalue weighted by Crippen LogP contribution is -2.24. The van der Waals surface area contributed by atoms with Crippen LogP contribution in [0.25, 0.3) is 10.9 Å². The van der Waals surface area contributed by atoms with E-state index >= 15 is 0 Å². The summed E-state index contributed by atoms with van der Waals surface area (Å²) in [5.74, 6) is 0.662. The number of carbonyl (C=O) groups is 1. The Morgan fingerprint density at radius 3 is 2.65 bits per heavy atom. The van der Waals surface area contributed by atoms with Gasteiger partial charge in [0.2, 0.25) is 0 Å². The van der Waals surface area contributed by atoms with E-state index in [0.717, 1.165) is 16.7 Å². The molecule has 0 unspecified atom stereocenters. The number of aromatic nitrogens is 1. The fourth-order valence-electron chi connectivity index (χ4n) is 2.10. The van der Waals surface area contributed by atoms with Gasteiger partial charge in [-0.15, -0.1) is 0 Å². The Morgan fingerprint density at radius 1 is 1.25 bits per heavy atom. The molecule has 0 radical (unpaired) electrons. The normalized spacial score (nSPS) is 11.6. The highest BCUT2D eigenvalue weighted by atomic mass is 16.6. The largest absolute Gasteiger partial charge is 0.497 e. The molecule has 1 aromatic carbocycles. The molecule has 0 saturated heterocycles. The van der Waals surface area contributed by atoms with Crippen LogP contribution in [0.1, 0.15) is 27.2 Å². The number of fused-ring (bicyclic) bond motifs is 1. The van der Waals surface area contributed by atoms with Crippen molar-refractivity contribution < 1.29 is 14.3 Å². The van der Waals surface area contributed by atoms with E-state index in [-0.39, 0.29) is 5.97 Å². The van der Waals surface area contributed by atoms with Crippen LogP contribution in [0.5, 0.6) is 5.75 Å². The summed E-state index contributed by atoms with van der Waals surface area (Å²) < 4.78 is 12.6. The Kier molecular flexibility index (Phi) is 4.02. The van der Waals surface area contributed by atoms with E-state index in [1.165, 1.54) is 0 Å². The van der Waals surface area contributed by atoms with Crippen LogP contribution >= 0.6 is 0 Å². The third-order valence-corrected chi connectivity index (χ3v) is 2.96. The number of rotatable bonds is 4. The highest BCUT2D eigenvalue weighted by Crippen LogP contribution is 2.22. The van der Waals surface area contributed by atoms with Crippen LogP contribution < -0.4 is 4.74 Å². The minimum atomic E-state index is -0.427. The average molecular weight is 275 g/mol. The van der Waals surface area contributed by atoms with E-state index in [2.05, 4.69) is 4.57 Å². The quantitative estimate of drug-likeness (QED) is 0.803. The SMILES string of the molecule is COc1ccc2c(ccn2CCC(=O)OC(C)(C)C)c1. The fraction of sp³-hybridized carbons (Fsp3) is 0.438. The average Bonchev–Trinajstić information content (AvgIpc) is 2.76. The van der Waals surface area contributed by atoms with E-state index in [0.29, 0.717) is 13.0 Å². The number of ether oxygens (including phenoxy) is 2. The smallest absolute Gasteiger partial charge is 0.308 e. The molecule has 108 valence electrons. The Hall–Kier alpha value is -1.97. The van der Waals surface area contributed by atoms with Crippen LogP contribution in [0.15, 0.2) is 30.5 Å². The molecule has 0 amide bonds. The Bertz CT molecular complexity index is 608. The molecule has 0 aliphatic carbocycles. The van der Waals surface area contributed by atoms with Crippen LogP contribution in [-0.4, -0.2) is 23.2 Å². The number of hydrogen-bond donors (Lipinski definition) is 0. The zero-order valence-corrected chi connectivity index (χ0v) is 12.5. The van der Waals surface area contributed by atoms with E-state index in [1.54, 1.807) is 7.11 Å². The van der Waals surface area contributed by atoms with Gasteiger partial charge in [0.05, 0.1) is 13.5 Å². The van der Waals surface area contributed by atoms with E-state index in [9.17, 15) is 4.79 Å². The molecular formula is C16H21NO3. The summed E-state index contributed by atoms with van der Waals surface area (Å²) in [6.07, 6.45) is 2.35. The summed E-state index contributed by atoms with van der Waals surface area (Å²) in [7, 11) is 1.65. The lowest BCUT2D eigenvalue weighted by Gasteiger charge is -2.19. The molecule has 2 aromatic rings. The summed E-state index contributed by atoms with van der Waals surface area (Å²) in [6, 6.07) is 7.93. The van der Waals surface area contributed by atoms with Crippen molar-refractivity contribution >= 4 is 16.9 Å². The van der Waals surface area contributed by atoms with Gasteiger partial charge in [0, 0.05) is 23.6 Å². The van der Waals surface area contributed by atoms with Gasteiger partial charge in [-0.05, 0) is 45.0 Å². The number of aryl methyl sites for hydroxylation is 1. The van der Waals surface area contributed by atoms with Crippen molar-refractivity contribution in [1.29, 1.82) is 0 Å². The lowest BCUT2D eigenvalue weighted by atomic mass is 10.2. The van der Waals surface area contributed by atoms with Crippen molar-refractivity contribution in [2.45, 2.75) is 39.3 Å². The first-order valence-electron chi connectivity index (χ1n) is 6.74. The number of benzene rings is 1. The topological polar surface area (TPSA) is 40.5 Å². The molecule has 0 atom stereocenters. The molecule has 0 aliphatic rings. The summed E-state index contributed by atoms with van der Waals surface area (Å²) in [5.41, 5.74) is 0.665. The molecule has 0 saturated carbocycles. The molecular weight excluding hydrogens is 254 g/mol. The number of hydrogen-bond acceptors (Lipinski definition) is 3. The lowest BCUT2D eigenvalue weighted by molar-refractivity contribution is -0.155. The van der Waals surface area contributed by atoms with Gasteiger partial charge < -0.3 is 14.0 Å². The second-order valence-electron chi connectivity index (χ2n) is 5.77. The molecule has 0 N–H and O–H groups in total. The third-order valence-electron chi connectivity index (χ3n) is 2.96. The van der Waals surface area contributed by atoms with Gasteiger partial charge >= 0.3 is 5.97 Å². The third kappa shape index (κ3) is 3.53. The van der Waals surface area contributed by atoms with Crippen LogP contribution in [0, 0.1) is 0 Å². The van der Waals surface area contributed by atoms with Gasteiger partial charge in [0.1, 0.15) is 11.4 Å². The molecule has 1 aromatic heterocycles. The standard InChI is InChI=1S/C16H21NO3/c1-16(2,3)20-15(18)8-10-17-9-7-12-11-13(19-4)5-6-14(12)17/h5-7,9,11H,8,10H2,1-4H3. The fourth-order valence-corrected chi connectivity index (χ4v) is 2.10. The molecule has 0 fully saturated rings. The maximum absolute atomic E-state index is 11.7. The number of nitrogens with zero attached hydrogens (tertiary/aromatic N) is 1. The maximum Gasteiger partial charge on any atom is 0.308 e. The molecule has 4 heteroatoms. The first-order chi connectivity index (χ1) is 9.39. The molecule has 2 rings (SSSR count). The van der Waals surface area contributed by atoms with E-state index in [1.807, 2.05) is 51.2 Å². The van der Waals surface area contributed by atoms with E-state index < -0.39 is 5.60 Å². The van der Waals surface area contributed by atoms with Crippen LogP contribution in [0.3, 0.4) is 0 Å². The summed E-state index contributed by atoms with van der Waals surface area (Å²) in [4.78, 5) is 11.7. The Balaban J connectivity index is 2.05. The molecule has 0 aliphatic heterocycles. The second kappa shape index (κ2) is 5.57. The monoisotopic (exact) mass is 275 g/mol. The minimum Gasteiger partial charge on any atom is -0.497 e. The van der Waals surface area contributed by atoms with Crippen molar-refractivity contribution in [3.63, 3.8) is 0 Å². The molecule has 20 heavy (non-hydrogen) atoms. The van der Waals surface area contributed by atoms with Gasteiger partial charge in [0.15, 0.2) is 0 Å². The molecule has 0 spiro atoms. The van der Waals surface area contributed by atoms with Gasteiger partial charge in [-0.25, -0.2) is 0 Å². The predicted octanol–water partition coefficient (Wildman–Crippen LogP) is 3.38. The van der Waals surface area contributed by atoms with Gasteiger partial charge in [-0.3, -0.25) is 4.79 Å². The Labute approximate surface area is 119 Å². The predicted molar refractivity (Wildman–Crippen MR) is 79.0 cm³/mol. The Morgan fingerprint density at radius 2 is 2.00 bits per heavy atom. The number of carbonyl (C=O) groups excluding carboxylic acids is 1. The highest BCUT2D eigenvalue weighted by molar-refractivity contribution is 5.82. The summed E-state index contributed by atoms with van der Waals surface area (Å²) in [5, 5.41) is 1.11. The summed E-state index contributed by atoms with van der Waals surface area (Å²) in [6.45, 7) is 6.25. The molecule has 4 nitrogen and oxygen atoms in total. The zero-order chi connectivity index (χ0) is 14.8. The van der Waals surface area contributed by atoms with Gasteiger partial charge in [-0.1, -0.05) is 0 Å². The van der Waals surface area contributed by atoms with Crippen molar-refractivity contribution in [2.75, 3.05) is 7.11 Å². The summed E-state index contributed by atoms with van der Waals surface area (Å²) >= 11 is 0. The number of esters is 1. The maximum atomic E-state index is 11.7. The van der Waals surface area contributed by atoms with Crippen LogP contribution in [0.2, 0.25) is 0 Å². The molecule has 0 bridgehead atoms. The highest BCUT2D eigenvalue weighted by Gasteiger charge is 2.16. The van der Waals surface area contributed by atoms with Gasteiger partial charge in [-0.2, -0.15) is 0 Å². The van der Waals surface area contributed by atoms with Crippen LogP contribution in [-0.2, 0) is 16.1 Å². The first kappa shape index (κ1) is 14.4. The minimum absolute atomic E-state index is 0.173.